The molecule has 25 heavy (non-hydrogen) atoms. The molecule has 1 N–H and O–H groups in total. The molecule has 0 amide bonds. The van der Waals surface area contributed by atoms with E-state index in [2.05, 4.69) is 5.32 Å². The Balaban J connectivity index is 1.74. The second kappa shape index (κ2) is 7.06. The van der Waals surface area contributed by atoms with Crippen LogP contribution in [0, 0.1) is 5.92 Å². The Kier molecular flexibility index (Phi) is 5.35. The van der Waals surface area contributed by atoms with Crippen LogP contribution in [0.1, 0.15) is 31.2 Å². The summed E-state index contributed by atoms with van der Waals surface area (Å²) in [6.07, 6.45) is -1.12. The van der Waals surface area contributed by atoms with Crippen molar-refractivity contribution in [3.63, 3.8) is 0 Å². The van der Waals surface area contributed by atoms with Gasteiger partial charge in [0.2, 0.25) is 10.0 Å². The summed E-state index contributed by atoms with van der Waals surface area (Å²) in [7, 11) is -4.21. The fourth-order valence-corrected chi connectivity index (χ4v) is 4.88. The number of sulfonamides is 1. The maximum Gasteiger partial charge on any atom is 0.417 e. The largest absolute Gasteiger partial charge is 0.417 e. The Morgan fingerprint density at radius 1 is 1.16 bits per heavy atom. The Morgan fingerprint density at radius 2 is 1.80 bits per heavy atom. The van der Waals surface area contributed by atoms with Gasteiger partial charge in [-0.2, -0.15) is 17.5 Å². The third-order valence-corrected chi connectivity index (χ3v) is 6.90. The van der Waals surface area contributed by atoms with Crippen molar-refractivity contribution >= 4 is 21.6 Å². The second-order valence-electron chi connectivity index (χ2n) is 6.67. The van der Waals surface area contributed by atoms with Gasteiger partial charge in [0.1, 0.15) is 0 Å². The highest BCUT2D eigenvalue weighted by Gasteiger charge is 2.40. The number of rotatable bonds is 5. The highest BCUT2D eigenvalue weighted by molar-refractivity contribution is 7.89. The standard InChI is InChI=1S/C16H20ClF3N2O2S/c17-12-3-4-15(14(9-12)16(18,19)20)25(23,24)22-7-5-13(6-8-22)21-10-11-1-2-11/h3-4,9,11,13,21H,1-2,5-8,10H2. The molecule has 0 bridgehead atoms. The molecule has 1 aliphatic heterocycles. The lowest BCUT2D eigenvalue weighted by Gasteiger charge is -2.32. The molecule has 0 unspecified atom stereocenters. The smallest absolute Gasteiger partial charge is 0.314 e. The summed E-state index contributed by atoms with van der Waals surface area (Å²) in [5, 5.41) is 3.28. The zero-order chi connectivity index (χ0) is 18.2. The lowest BCUT2D eigenvalue weighted by atomic mass is 10.1. The zero-order valence-corrected chi connectivity index (χ0v) is 15.1. The van der Waals surface area contributed by atoms with Crippen LogP contribution >= 0.6 is 11.6 Å². The average Bonchev–Trinajstić information content (AvgIpc) is 3.36. The van der Waals surface area contributed by atoms with Crippen LogP contribution in [-0.2, 0) is 16.2 Å². The van der Waals surface area contributed by atoms with E-state index in [1.807, 2.05) is 0 Å². The summed E-state index contributed by atoms with van der Waals surface area (Å²) in [6, 6.07) is 3.00. The van der Waals surface area contributed by atoms with Crippen molar-refractivity contribution < 1.29 is 21.6 Å². The first-order valence-electron chi connectivity index (χ1n) is 8.28. The maximum atomic E-state index is 13.2. The molecule has 1 aliphatic carbocycles. The van der Waals surface area contributed by atoms with Crippen LogP contribution < -0.4 is 5.32 Å². The SMILES string of the molecule is O=S(=O)(c1ccc(Cl)cc1C(F)(F)F)N1CCC(NCC2CC2)CC1. The normalized spacial score (nSPS) is 20.8. The summed E-state index contributed by atoms with van der Waals surface area (Å²) in [5.41, 5.74) is -1.21. The number of nitrogens with zero attached hydrogens (tertiary/aromatic N) is 1. The number of hydrogen-bond donors (Lipinski definition) is 1. The average molecular weight is 397 g/mol. The van der Waals surface area contributed by atoms with Crippen LogP contribution in [0.15, 0.2) is 23.1 Å². The lowest BCUT2D eigenvalue weighted by Crippen LogP contribution is -2.45. The van der Waals surface area contributed by atoms with Gasteiger partial charge in [-0.05, 0) is 56.3 Å². The molecule has 0 radical (unpaired) electrons. The molecular formula is C16H20ClF3N2O2S. The molecule has 1 aromatic rings. The summed E-state index contributed by atoms with van der Waals surface area (Å²) in [5.74, 6) is 0.727. The molecule has 1 saturated carbocycles. The minimum absolute atomic E-state index is 0.144. The Morgan fingerprint density at radius 3 is 2.36 bits per heavy atom. The fraction of sp³-hybridized carbons (Fsp3) is 0.625. The predicted octanol–water partition coefficient (Wildman–Crippen LogP) is 3.51. The van der Waals surface area contributed by atoms with Crippen molar-refractivity contribution in [3.8, 4) is 0 Å². The minimum Gasteiger partial charge on any atom is -0.314 e. The molecule has 2 fully saturated rings. The summed E-state index contributed by atoms with van der Waals surface area (Å²) < 4.78 is 66.2. The number of piperidine rings is 1. The van der Waals surface area contributed by atoms with E-state index in [0.29, 0.717) is 18.9 Å². The monoisotopic (exact) mass is 396 g/mol. The number of hydrogen-bond acceptors (Lipinski definition) is 3. The first-order chi connectivity index (χ1) is 11.7. The second-order valence-corrected chi connectivity index (χ2v) is 9.01. The minimum atomic E-state index is -4.78. The number of nitrogens with one attached hydrogen (secondary N) is 1. The molecule has 1 heterocycles. The fourth-order valence-electron chi connectivity index (χ4n) is 3.04. The molecule has 3 rings (SSSR count). The van der Waals surface area contributed by atoms with Gasteiger partial charge >= 0.3 is 6.18 Å². The maximum absolute atomic E-state index is 13.2. The van der Waals surface area contributed by atoms with E-state index in [1.165, 1.54) is 18.9 Å². The van der Waals surface area contributed by atoms with Gasteiger partial charge in [-0.3, -0.25) is 0 Å². The summed E-state index contributed by atoms with van der Waals surface area (Å²) >= 11 is 5.63. The number of benzene rings is 1. The van der Waals surface area contributed by atoms with Gasteiger partial charge in [0, 0.05) is 24.2 Å². The summed E-state index contributed by atoms with van der Waals surface area (Å²) in [6.45, 7) is 1.36. The van der Waals surface area contributed by atoms with E-state index < -0.39 is 26.7 Å². The van der Waals surface area contributed by atoms with E-state index >= 15 is 0 Å². The molecule has 0 spiro atoms. The van der Waals surface area contributed by atoms with Crippen molar-refractivity contribution in [2.24, 2.45) is 5.92 Å². The van der Waals surface area contributed by atoms with Gasteiger partial charge < -0.3 is 5.32 Å². The number of halogens is 4. The highest BCUT2D eigenvalue weighted by Crippen LogP contribution is 2.37. The van der Waals surface area contributed by atoms with E-state index in [9.17, 15) is 21.6 Å². The van der Waals surface area contributed by atoms with Crippen LogP contribution in [0.4, 0.5) is 13.2 Å². The molecular weight excluding hydrogens is 377 g/mol. The molecule has 9 heteroatoms. The van der Waals surface area contributed by atoms with E-state index in [4.69, 9.17) is 11.6 Å². The van der Waals surface area contributed by atoms with Gasteiger partial charge in [-0.15, -0.1) is 0 Å². The molecule has 0 atom stereocenters. The lowest BCUT2D eigenvalue weighted by molar-refractivity contribution is -0.139. The molecule has 1 aromatic carbocycles. The third-order valence-electron chi connectivity index (χ3n) is 4.71. The van der Waals surface area contributed by atoms with Gasteiger partial charge in [0.25, 0.3) is 0 Å². The van der Waals surface area contributed by atoms with Crippen LogP contribution in [-0.4, -0.2) is 38.4 Å². The van der Waals surface area contributed by atoms with Crippen molar-refractivity contribution in [1.29, 1.82) is 0 Å². The number of alkyl halides is 3. The molecule has 0 aromatic heterocycles. The molecule has 140 valence electrons. The van der Waals surface area contributed by atoms with Crippen molar-refractivity contribution in [2.75, 3.05) is 19.6 Å². The van der Waals surface area contributed by atoms with Crippen molar-refractivity contribution in [1.82, 2.24) is 9.62 Å². The summed E-state index contributed by atoms with van der Waals surface area (Å²) in [4.78, 5) is -0.728. The zero-order valence-electron chi connectivity index (χ0n) is 13.5. The molecule has 2 aliphatic rings. The molecule has 1 saturated heterocycles. The quantitative estimate of drug-likeness (QED) is 0.828. The van der Waals surface area contributed by atoms with Crippen LogP contribution in [0.2, 0.25) is 5.02 Å². The van der Waals surface area contributed by atoms with E-state index in [1.54, 1.807) is 0 Å². The van der Waals surface area contributed by atoms with Gasteiger partial charge in [0.05, 0.1) is 10.5 Å². The van der Waals surface area contributed by atoms with Gasteiger partial charge in [0.15, 0.2) is 0 Å². The van der Waals surface area contributed by atoms with Crippen molar-refractivity contribution in [3.05, 3.63) is 28.8 Å². The first kappa shape index (κ1) is 18.9. The van der Waals surface area contributed by atoms with Crippen LogP contribution in [0.5, 0.6) is 0 Å². The van der Waals surface area contributed by atoms with Crippen LogP contribution in [0.25, 0.3) is 0 Å². The Hall–Kier alpha value is -0.830. The van der Waals surface area contributed by atoms with E-state index in [0.717, 1.165) is 22.8 Å². The highest BCUT2D eigenvalue weighted by atomic mass is 35.5. The Labute approximate surface area is 150 Å². The van der Waals surface area contributed by atoms with Gasteiger partial charge in [-0.1, -0.05) is 11.6 Å². The topological polar surface area (TPSA) is 49.4 Å². The van der Waals surface area contributed by atoms with Crippen molar-refractivity contribution in [2.45, 2.75) is 42.8 Å². The van der Waals surface area contributed by atoms with Gasteiger partial charge in [-0.25, -0.2) is 8.42 Å². The predicted molar refractivity (Wildman–Crippen MR) is 89.0 cm³/mol. The van der Waals surface area contributed by atoms with E-state index in [-0.39, 0.29) is 24.2 Å². The third kappa shape index (κ3) is 4.48. The Bertz CT molecular complexity index is 727. The molecule has 4 nitrogen and oxygen atoms in total. The first-order valence-corrected chi connectivity index (χ1v) is 10.1. The van der Waals surface area contributed by atoms with Crippen LogP contribution in [0.3, 0.4) is 0 Å².